The molecule has 0 spiro atoms. The van der Waals surface area contributed by atoms with Crippen LogP contribution in [0.3, 0.4) is 0 Å². The van der Waals surface area contributed by atoms with Crippen molar-refractivity contribution in [2.45, 2.75) is 44.1 Å². The number of aliphatic hydroxyl groups excluding tert-OH is 1. The number of fused-ring (bicyclic) bond motifs is 1. The standard InChI is InChI=1S/C15H18OS/c16-13-6-2-1-4-12(10-13)14-7-3-5-11-8-9-17-15(11)14/h3,5,7-9,12-13,16H,1-2,4,6,10H2. The maximum Gasteiger partial charge on any atom is 0.0546 e. The van der Waals surface area contributed by atoms with Crippen LogP contribution in [0.2, 0.25) is 0 Å². The Kier molecular flexibility index (Phi) is 3.17. The van der Waals surface area contributed by atoms with Crippen molar-refractivity contribution in [3.05, 3.63) is 35.2 Å². The molecule has 1 aliphatic carbocycles. The van der Waals surface area contributed by atoms with Crippen LogP contribution in [0.4, 0.5) is 0 Å². The van der Waals surface area contributed by atoms with Gasteiger partial charge < -0.3 is 5.11 Å². The summed E-state index contributed by atoms with van der Waals surface area (Å²) in [6.45, 7) is 0. The average Bonchev–Trinajstić information content (AvgIpc) is 2.71. The van der Waals surface area contributed by atoms with E-state index in [0.29, 0.717) is 5.92 Å². The zero-order valence-corrected chi connectivity index (χ0v) is 10.7. The Morgan fingerprint density at radius 3 is 2.94 bits per heavy atom. The Morgan fingerprint density at radius 1 is 1.12 bits per heavy atom. The van der Waals surface area contributed by atoms with Crippen LogP contribution >= 0.6 is 11.3 Å². The summed E-state index contributed by atoms with van der Waals surface area (Å²) < 4.78 is 1.42. The molecule has 1 N–H and O–H groups in total. The lowest BCUT2D eigenvalue weighted by molar-refractivity contribution is 0.152. The van der Waals surface area contributed by atoms with Gasteiger partial charge in [0.25, 0.3) is 0 Å². The number of aliphatic hydroxyl groups is 1. The van der Waals surface area contributed by atoms with Gasteiger partial charge >= 0.3 is 0 Å². The predicted octanol–water partition coefficient (Wildman–Crippen LogP) is 4.31. The minimum atomic E-state index is -0.0993. The van der Waals surface area contributed by atoms with Crippen molar-refractivity contribution in [2.24, 2.45) is 0 Å². The molecule has 17 heavy (non-hydrogen) atoms. The van der Waals surface area contributed by atoms with Gasteiger partial charge in [-0.15, -0.1) is 11.3 Å². The van der Waals surface area contributed by atoms with Crippen molar-refractivity contribution in [3.63, 3.8) is 0 Å². The molecular formula is C15H18OS. The molecular weight excluding hydrogens is 228 g/mol. The fourth-order valence-corrected chi connectivity index (χ4v) is 3.95. The van der Waals surface area contributed by atoms with Crippen molar-refractivity contribution < 1.29 is 5.11 Å². The molecule has 2 atom stereocenters. The van der Waals surface area contributed by atoms with Crippen molar-refractivity contribution >= 4 is 21.4 Å². The largest absolute Gasteiger partial charge is 0.393 e. The SMILES string of the molecule is OC1CCCCC(c2cccc3ccsc23)C1. The van der Waals surface area contributed by atoms with E-state index in [-0.39, 0.29) is 6.10 Å². The van der Waals surface area contributed by atoms with E-state index in [1.165, 1.54) is 34.9 Å². The van der Waals surface area contributed by atoms with E-state index in [1.54, 1.807) is 0 Å². The molecule has 0 bridgehead atoms. The Labute approximate surface area is 106 Å². The van der Waals surface area contributed by atoms with Gasteiger partial charge in [0.2, 0.25) is 0 Å². The molecule has 1 saturated carbocycles. The summed E-state index contributed by atoms with van der Waals surface area (Å²) >= 11 is 1.83. The first-order valence-electron chi connectivity index (χ1n) is 6.49. The summed E-state index contributed by atoms with van der Waals surface area (Å²) in [4.78, 5) is 0. The fraction of sp³-hybridized carbons (Fsp3) is 0.467. The van der Waals surface area contributed by atoms with Crippen LogP contribution in [0.15, 0.2) is 29.6 Å². The van der Waals surface area contributed by atoms with E-state index in [4.69, 9.17) is 0 Å². The highest BCUT2D eigenvalue weighted by atomic mass is 32.1. The lowest BCUT2D eigenvalue weighted by atomic mass is 9.90. The van der Waals surface area contributed by atoms with Gasteiger partial charge in [-0.1, -0.05) is 31.0 Å². The maximum atomic E-state index is 9.95. The second-order valence-corrected chi connectivity index (χ2v) is 5.97. The first kappa shape index (κ1) is 11.2. The van der Waals surface area contributed by atoms with Gasteiger partial charge in [-0.05, 0) is 47.6 Å². The summed E-state index contributed by atoms with van der Waals surface area (Å²) in [5.41, 5.74) is 1.46. The Hall–Kier alpha value is -0.860. The van der Waals surface area contributed by atoms with Crippen molar-refractivity contribution in [3.8, 4) is 0 Å². The van der Waals surface area contributed by atoms with E-state index in [1.807, 2.05) is 11.3 Å². The van der Waals surface area contributed by atoms with Crippen LogP contribution < -0.4 is 0 Å². The quantitative estimate of drug-likeness (QED) is 0.743. The van der Waals surface area contributed by atoms with Crippen LogP contribution in [0.5, 0.6) is 0 Å². The summed E-state index contributed by atoms with van der Waals surface area (Å²) in [5, 5.41) is 13.5. The molecule has 1 nitrogen and oxygen atoms in total. The van der Waals surface area contributed by atoms with E-state index >= 15 is 0 Å². The van der Waals surface area contributed by atoms with Crippen LogP contribution in [0.1, 0.15) is 43.6 Å². The lowest BCUT2D eigenvalue weighted by Gasteiger charge is -2.17. The summed E-state index contributed by atoms with van der Waals surface area (Å²) in [6, 6.07) is 8.78. The normalized spacial score (nSPS) is 25.9. The number of hydrogen-bond acceptors (Lipinski definition) is 2. The monoisotopic (exact) mass is 246 g/mol. The number of rotatable bonds is 1. The summed E-state index contributed by atoms with van der Waals surface area (Å²) in [6.07, 6.45) is 5.49. The predicted molar refractivity (Wildman–Crippen MR) is 73.7 cm³/mol. The maximum absolute atomic E-state index is 9.95. The average molecular weight is 246 g/mol. The molecule has 1 aromatic carbocycles. The van der Waals surface area contributed by atoms with Gasteiger partial charge in [-0.25, -0.2) is 0 Å². The van der Waals surface area contributed by atoms with E-state index in [9.17, 15) is 5.11 Å². The molecule has 2 unspecified atom stereocenters. The molecule has 0 radical (unpaired) electrons. The van der Waals surface area contributed by atoms with Crippen molar-refractivity contribution in [2.75, 3.05) is 0 Å². The molecule has 0 amide bonds. The van der Waals surface area contributed by atoms with Gasteiger partial charge in [0.05, 0.1) is 6.10 Å². The summed E-state index contributed by atoms with van der Waals surface area (Å²) in [5.74, 6) is 0.551. The first-order valence-corrected chi connectivity index (χ1v) is 7.37. The molecule has 1 aliphatic rings. The van der Waals surface area contributed by atoms with E-state index in [0.717, 1.165) is 12.8 Å². The molecule has 1 heterocycles. The van der Waals surface area contributed by atoms with Gasteiger partial charge in [0, 0.05) is 4.70 Å². The zero-order valence-electron chi connectivity index (χ0n) is 9.93. The number of hydrogen-bond donors (Lipinski definition) is 1. The van der Waals surface area contributed by atoms with Crippen molar-refractivity contribution in [1.82, 2.24) is 0 Å². The van der Waals surface area contributed by atoms with E-state index in [2.05, 4.69) is 29.6 Å². The molecule has 90 valence electrons. The third-order valence-electron chi connectivity index (χ3n) is 3.85. The molecule has 3 rings (SSSR count). The highest BCUT2D eigenvalue weighted by Gasteiger charge is 2.21. The van der Waals surface area contributed by atoms with Crippen LogP contribution in [0, 0.1) is 0 Å². The van der Waals surface area contributed by atoms with Gasteiger partial charge in [0.15, 0.2) is 0 Å². The van der Waals surface area contributed by atoms with Crippen LogP contribution in [-0.4, -0.2) is 11.2 Å². The minimum Gasteiger partial charge on any atom is -0.393 e. The lowest BCUT2D eigenvalue weighted by Crippen LogP contribution is -2.09. The first-order chi connectivity index (χ1) is 8.34. The molecule has 2 heteroatoms. The Balaban J connectivity index is 1.99. The van der Waals surface area contributed by atoms with Gasteiger partial charge in [0.1, 0.15) is 0 Å². The molecule has 0 aliphatic heterocycles. The number of benzene rings is 1. The van der Waals surface area contributed by atoms with Gasteiger partial charge in [-0.2, -0.15) is 0 Å². The highest BCUT2D eigenvalue weighted by Crippen LogP contribution is 2.37. The van der Waals surface area contributed by atoms with Crippen LogP contribution in [0.25, 0.3) is 10.1 Å². The summed E-state index contributed by atoms with van der Waals surface area (Å²) in [7, 11) is 0. The molecule has 1 aromatic heterocycles. The third kappa shape index (κ3) is 2.24. The Bertz CT molecular complexity index is 502. The van der Waals surface area contributed by atoms with Gasteiger partial charge in [-0.3, -0.25) is 0 Å². The smallest absolute Gasteiger partial charge is 0.0546 e. The Morgan fingerprint density at radius 2 is 2.00 bits per heavy atom. The van der Waals surface area contributed by atoms with E-state index < -0.39 is 0 Å². The molecule has 2 aromatic rings. The highest BCUT2D eigenvalue weighted by molar-refractivity contribution is 7.17. The minimum absolute atomic E-state index is 0.0993. The fourth-order valence-electron chi connectivity index (χ4n) is 2.95. The molecule has 0 saturated heterocycles. The third-order valence-corrected chi connectivity index (χ3v) is 4.83. The second-order valence-electron chi connectivity index (χ2n) is 5.06. The number of thiophene rings is 1. The van der Waals surface area contributed by atoms with Crippen LogP contribution in [-0.2, 0) is 0 Å². The second kappa shape index (κ2) is 4.79. The topological polar surface area (TPSA) is 20.2 Å². The zero-order chi connectivity index (χ0) is 11.7. The molecule has 1 fully saturated rings. The van der Waals surface area contributed by atoms with Crippen molar-refractivity contribution in [1.29, 1.82) is 0 Å².